The van der Waals surface area contributed by atoms with Gasteiger partial charge in [0, 0.05) is 22.9 Å². The summed E-state index contributed by atoms with van der Waals surface area (Å²) in [4.78, 5) is 22.5. The van der Waals surface area contributed by atoms with Gasteiger partial charge in [0.05, 0.1) is 7.11 Å². The number of ether oxygens (including phenoxy) is 1. The number of carbonyl (C=O) groups excluding carboxylic acids is 1. The summed E-state index contributed by atoms with van der Waals surface area (Å²) in [5.74, 6) is 1.18. The molecule has 1 heterocycles. The molecular formula is C17H13NO4. The van der Waals surface area contributed by atoms with Crippen molar-refractivity contribution in [2.45, 2.75) is 0 Å². The fourth-order valence-corrected chi connectivity index (χ4v) is 2.10. The van der Waals surface area contributed by atoms with Crippen LogP contribution in [0.5, 0.6) is 0 Å². The molecule has 0 unspecified atom stereocenters. The molecule has 1 amide bonds. The van der Waals surface area contributed by atoms with Crippen LogP contribution < -0.4 is 10.7 Å². The van der Waals surface area contributed by atoms with Crippen molar-refractivity contribution in [3.05, 3.63) is 64.8 Å². The third kappa shape index (κ3) is 2.83. The third-order valence-corrected chi connectivity index (χ3v) is 3.22. The Balaban J connectivity index is 1.93. The molecule has 2 aliphatic rings. The molecule has 110 valence electrons. The average Bonchev–Trinajstić information content (AvgIpc) is 2.54. The van der Waals surface area contributed by atoms with E-state index in [2.05, 4.69) is 10.1 Å². The highest BCUT2D eigenvalue weighted by Gasteiger charge is 2.08. The zero-order valence-electron chi connectivity index (χ0n) is 11.8. The molecule has 0 spiro atoms. The summed E-state index contributed by atoms with van der Waals surface area (Å²) >= 11 is 0. The molecule has 22 heavy (non-hydrogen) atoms. The van der Waals surface area contributed by atoms with E-state index in [0.717, 1.165) is 11.1 Å². The molecule has 1 aliphatic carbocycles. The molecule has 1 aromatic rings. The highest BCUT2D eigenvalue weighted by Crippen LogP contribution is 2.28. The van der Waals surface area contributed by atoms with Crippen molar-refractivity contribution in [1.82, 2.24) is 0 Å². The largest absolute Gasteiger partial charge is 0.456 e. The number of fused-ring (bicyclic) bond motifs is 1. The molecule has 0 saturated carbocycles. The first kappa shape index (κ1) is 13.9. The van der Waals surface area contributed by atoms with Crippen LogP contribution in [0, 0.1) is 0 Å². The van der Waals surface area contributed by atoms with Gasteiger partial charge in [-0.2, -0.15) is 0 Å². The monoisotopic (exact) mass is 295 g/mol. The van der Waals surface area contributed by atoms with Gasteiger partial charge in [-0.15, -0.1) is 0 Å². The van der Waals surface area contributed by atoms with Gasteiger partial charge in [0.15, 0.2) is 5.43 Å². The Morgan fingerprint density at radius 3 is 2.32 bits per heavy atom. The van der Waals surface area contributed by atoms with Crippen LogP contribution in [-0.4, -0.2) is 13.2 Å². The Kier molecular flexibility index (Phi) is 3.62. The fraction of sp³-hybridized carbons (Fsp3) is 0.0588. The van der Waals surface area contributed by atoms with E-state index in [0.29, 0.717) is 17.2 Å². The predicted octanol–water partition coefficient (Wildman–Crippen LogP) is 3.59. The van der Waals surface area contributed by atoms with Crippen LogP contribution in [0.2, 0.25) is 0 Å². The summed E-state index contributed by atoms with van der Waals surface area (Å²) in [6.07, 6.45) is -0.522. The fourth-order valence-electron chi connectivity index (χ4n) is 2.10. The number of methoxy groups -OCH3 is 1. The lowest BCUT2D eigenvalue weighted by Crippen LogP contribution is -2.10. The number of carbonyl (C=O) groups is 1. The Hall–Kier alpha value is -3.08. The van der Waals surface area contributed by atoms with Crippen molar-refractivity contribution in [3.8, 4) is 22.6 Å². The lowest BCUT2D eigenvalue weighted by Gasteiger charge is -2.08. The molecular weight excluding hydrogens is 282 g/mol. The third-order valence-electron chi connectivity index (χ3n) is 3.22. The Morgan fingerprint density at radius 1 is 0.955 bits per heavy atom. The molecule has 1 aromatic carbocycles. The van der Waals surface area contributed by atoms with E-state index >= 15 is 0 Å². The molecule has 0 radical (unpaired) electrons. The molecule has 0 saturated heterocycles. The van der Waals surface area contributed by atoms with Crippen molar-refractivity contribution in [3.63, 3.8) is 0 Å². The smallest absolute Gasteiger partial charge is 0.411 e. The second-order valence-electron chi connectivity index (χ2n) is 4.69. The van der Waals surface area contributed by atoms with Crippen LogP contribution in [0.4, 0.5) is 10.5 Å². The zero-order valence-corrected chi connectivity index (χ0v) is 11.8. The Labute approximate surface area is 126 Å². The maximum absolute atomic E-state index is 11.4. The lowest BCUT2D eigenvalue weighted by molar-refractivity contribution is 0.187. The van der Waals surface area contributed by atoms with Gasteiger partial charge in [0.1, 0.15) is 11.5 Å². The molecule has 1 aliphatic heterocycles. The van der Waals surface area contributed by atoms with Gasteiger partial charge in [-0.1, -0.05) is 0 Å². The Morgan fingerprint density at radius 2 is 1.59 bits per heavy atom. The number of hydrogen-bond acceptors (Lipinski definition) is 4. The van der Waals surface area contributed by atoms with Crippen molar-refractivity contribution in [1.29, 1.82) is 0 Å². The highest BCUT2D eigenvalue weighted by atomic mass is 16.5. The van der Waals surface area contributed by atoms with Crippen molar-refractivity contribution < 1.29 is 13.9 Å². The van der Waals surface area contributed by atoms with E-state index in [9.17, 15) is 9.59 Å². The highest BCUT2D eigenvalue weighted by molar-refractivity contribution is 5.84. The van der Waals surface area contributed by atoms with Crippen molar-refractivity contribution in [2.24, 2.45) is 0 Å². The molecule has 1 N–H and O–H groups in total. The maximum atomic E-state index is 11.4. The first-order valence-corrected chi connectivity index (χ1v) is 6.65. The van der Waals surface area contributed by atoms with Crippen LogP contribution in [-0.2, 0) is 4.74 Å². The van der Waals surface area contributed by atoms with E-state index in [1.54, 1.807) is 18.2 Å². The molecule has 5 nitrogen and oxygen atoms in total. The standard InChI is InChI=1S/C17H13NO4/c1-21-17(20)18-13-6-2-11(3-7-13)15-9-5-12-4-8-14(19)10-16(12)22-15/h2-10H,1H3,(H,18,20). The second-order valence-corrected chi connectivity index (χ2v) is 4.69. The van der Waals surface area contributed by atoms with E-state index in [-0.39, 0.29) is 5.43 Å². The average molecular weight is 295 g/mol. The van der Waals surface area contributed by atoms with Gasteiger partial charge in [0.2, 0.25) is 0 Å². The van der Waals surface area contributed by atoms with Crippen LogP contribution in [0.15, 0.2) is 63.8 Å². The molecule has 0 bridgehead atoms. The minimum absolute atomic E-state index is 0.0916. The first-order chi connectivity index (χ1) is 10.7. The van der Waals surface area contributed by atoms with Gasteiger partial charge >= 0.3 is 6.09 Å². The number of amides is 1. The van der Waals surface area contributed by atoms with E-state index < -0.39 is 6.09 Å². The molecule has 5 heteroatoms. The van der Waals surface area contributed by atoms with Crippen LogP contribution >= 0.6 is 0 Å². The number of anilines is 1. The summed E-state index contributed by atoms with van der Waals surface area (Å²) in [5, 5.41) is 2.57. The van der Waals surface area contributed by atoms with Gasteiger partial charge in [-0.25, -0.2) is 4.79 Å². The topological polar surface area (TPSA) is 68.5 Å². The van der Waals surface area contributed by atoms with Crippen LogP contribution in [0.25, 0.3) is 22.6 Å². The summed E-state index contributed by atoms with van der Waals surface area (Å²) in [6, 6.07) is 15.6. The minimum Gasteiger partial charge on any atom is -0.456 e. The number of nitrogens with one attached hydrogen (secondary N) is 1. The van der Waals surface area contributed by atoms with Gasteiger partial charge in [-0.05, 0) is 48.5 Å². The molecule has 0 fully saturated rings. The second kappa shape index (κ2) is 5.73. The van der Waals surface area contributed by atoms with Gasteiger partial charge in [-0.3, -0.25) is 10.1 Å². The van der Waals surface area contributed by atoms with Crippen LogP contribution in [0.3, 0.4) is 0 Å². The molecule has 0 atom stereocenters. The quantitative estimate of drug-likeness (QED) is 0.784. The zero-order chi connectivity index (χ0) is 15.5. The molecule has 0 aromatic heterocycles. The van der Waals surface area contributed by atoms with E-state index in [1.807, 2.05) is 24.3 Å². The summed E-state index contributed by atoms with van der Waals surface area (Å²) < 4.78 is 10.3. The van der Waals surface area contributed by atoms with E-state index in [4.69, 9.17) is 4.42 Å². The first-order valence-electron chi connectivity index (χ1n) is 6.65. The van der Waals surface area contributed by atoms with Gasteiger partial charge in [0.25, 0.3) is 0 Å². The molecule has 3 rings (SSSR count). The number of rotatable bonds is 2. The summed E-state index contributed by atoms with van der Waals surface area (Å²) in [5.41, 5.74) is 2.24. The maximum Gasteiger partial charge on any atom is 0.411 e. The number of hydrogen-bond donors (Lipinski definition) is 1. The van der Waals surface area contributed by atoms with Crippen molar-refractivity contribution in [2.75, 3.05) is 12.4 Å². The SMILES string of the molecule is COC(=O)Nc1ccc(-c2ccc3ccc(=O)cc-3o2)cc1. The van der Waals surface area contributed by atoms with Gasteiger partial charge < -0.3 is 9.15 Å². The summed E-state index contributed by atoms with van der Waals surface area (Å²) in [7, 11) is 1.31. The minimum atomic E-state index is -0.522. The summed E-state index contributed by atoms with van der Waals surface area (Å²) in [6.45, 7) is 0. The van der Waals surface area contributed by atoms with Crippen LogP contribution in [0.1, 0.15) is 0 Å². The van der Waals surface area contributed by atoms with Crippen molar-refractivity contribution >= 4 is 11.8 Å². The number of benzene rings is 2. The predicted molar refractivity (Wildman–Crippen MR) is 83.1 cm³/mol. The van der Waals surface area contributed by atoms with E-state index in [1.165, 1.54) is 19.2 Å². The lowest BCUT2D eigenvalue weighted by atomic mass is 10.1. The Bertz CT molecular complexity index is 836. The normalized spacial score (nSPS) is 10.4.